The number of piperidine rings is 1. The molecule has 0 unspecified atom stereocenters. The molecule has 1 spiro atoms. The smallest absolute Gasteiger partial charge is 0.124 e. The van der Waals surface area contributed by atoms with Gasteiger partial charge in [-0.05, 0) is 50.5 Å². The summed E-state index contributed by atoms with van der Waals surface area (Å²) in [5, 5.41) is 15.6. The number of benzene rings is 1. The van der Waals surface area contributed by atoms with E-state index in [0.29, 0.717) is 6.54 Å². The van der Waals surface area contributed by atoms with E-state index in [1.807, 2.05) is 6.07 Å². The van der Waals surface area contributed by atoms with Crippen LogP contribution in [0.2, 0.25) is 0 Å². The molecule has 28 heavy (non-hydrogen) atoms. The van der Waals surface area contributed by atoms with E-state index >= 15 is 0 Å². The highest BCUT2D eigenvalue weighted by atomic mass is 16.5. The third kappa shape index (κ3) is 3.32. The molecule has 1 N–H and O–H groups in total. The molecule has 150 valence electrons. The van der Waals surface area contributed by atoms with Crippen molar-refractivity contribution < 1.29 is 9.63 Å². The summed E-state index contributed by atoms with van der Waals surface area (Å²) in [6.07, 6.45) is 4.18. The van der Waals surface area contributed by atoms with Gasteiger partial charge in [0.25, 0.3) is 0 Å². The van der Waals surface area contributed by atoms with Crippen LogP contribution >= 0.6 is 0 Å². The molecule has 1 fully saturated rings. The molecule has 0 radical (unpaired) electrons. The van der Waals surface area contributed by atoms with E-state index in [0.717, 1.165) is 44.6 Å². The zero-order chi connectivity index (χ0) is 19.7. The van der Waals surface area contributed by atoms with E-state index in [2.05, 4.69) is 59.8 Å². The molecule has 4 rings (SSSR count). The molecule has 1 aliphatic heterocycles. The van der Waals surface area contributed by atoms with Gasteiger partial charge < -0.3 is 9.63 Å². The average Bonchev–Trinajstić information content (AvgIpc) is 3.29. The summed E-state index contributed by atoms with van der Waals surface area (Å²) in [7, 11) is 2.07. The van der Waals surface area contributed by atoms with Gasteiger partial charge >= 0.3 is 0 Å². The summed E-state index contributed by atoms with van der Waals surface area (Å²) in [6, 6.07) is 10.5. The highest BCUT2D eigenvalue weighted by Gasteiger charge is 2.53. The molecule has 2 atom stereocenters. The second kappa shape index (κ2) is 7.82. The summed E-state index contributed by atoms with van der Waals surface area (Å²) in [4.78, 5) is 4.69. The maximum atomic E-state index is 11.6. The summed E-state index contributed by atoms with van der Waals surface area (Å²) in [5.74, 6) is 0. The number of likely N-dealkylation sites (N-methyl/N-ethyl adjacent to an activating group) is 1. The Morgan fingerprint density at radius 3 is 2.75 bits per heavy atom. The molecule has 2 heterocycles. The predicted molar refractivity (Wildman–Crippen MR) is 110 cm³/mol. The number of likely N-dealkylation sites (tertiary alicyclic amines) is 1. The molecular weight excluding hydrogens is 350 g/mol. The minimum absolute atomic E-state index is 0.0231. The Morgan fingerprint density at radius 1 is 1.32 bits per heavy atom. The van der Waals surface area contributed by atoms with Gasteiger partial charge in [0.15, 0.2) is 0 Å². The lowest BCUT2D eigenvalue weighted by Gasteiger charge is -2.43. The Bertz CT molecular complexity index is 809. The average molecular weight is 382 g/mol. The lowest BCUT2D eigenvalue weighted by molar-refractivity contribution is -0.0100. The van der Waals surface area contributed by atoms with Gasteiger partial charge in [0.2, 0.25) is 0 Å². The number of aliphatic hydroxyl groups excluding tert-OH is 1. The summed E-state index contributed by atoms with van der Waals surface area (Å²) in [5.41, 5.74) is 4.60. The molecule has 0 amide bonds. The number of aromatic nitrogens is 1. The van der Waals surface area contributed by atoms with Crippen molar-refractivity contribution in [1.82, 2.24) is 15.0 Å². The van der Waals surface area contributed by atoms with Crippen LogP contribution in [0.4, 0.5) is 0 Å². The van der Waals surface area contributed by atoms with Gasteiger partial charge in [0.05, 0.1) is 17.8 Å². The van der Waals surface area contributed by atoms with Crippen LogP contribution in [-0.2, 0) is 12.0 Å². The van der Waals surface area contributed by atoms with Crippen molar-refractivity contribution in [1.29, 1.82) is 0 Å². The highest BCUT2D eigenvalue weighted by molar-refractivity contribution is 5.45. The fourth-order valence-electron chi connectivity index (χ4n) is 5.09. The van der Waals surface area contributed by atoms with Crippen LogP contribution in [0.1, 0.15) is 49.0 Å². The quantitative estimate of drug-likeness (QED) is 0.776. The van der Waals surface area contributed by atoms with E-state index in [4.69, 9.17) is 4.52 Å². The first kappa shape index (κ1) is 19.4. The van der Waals surface area contributed by atoms with Crippen molar-refractivity contribution >= 4 is 0 Å². The Hall–Kier alpha value is -1.95. The van der Waals surface area contributed by atoms with Crippen molar-refractivity contribution in [3.8, 4) is 0 Å². The topological polar surface area (TPSA) is 52.7 Å². The minimum Gasteiger partial charge on any atom is -0.390 e. The Morgan fingerprint density at radius 2 is 2.07 bits per heavy atom. The molecule has 1 aromatic carbocycles. The molecule has 1 aromatic heterocycles. The van der Waals surface area contributed by atoms with E-state index in [9.17, 15) is 5.11 Å². The molecule has 5 heteroatoms. The van der Waals surface area contributed by atoms with Crippen molar-refractivity contribution in [2.45, 2.75) is 50.3 Å². The summed E-state index contributed by atoms with van der Waals surface area (Å²) < 4.78 is 4.99. The standard InChI is InChI=1S/C23H31N3O2/c1-4-17(2)15-26-12-10-23(11-13-26)20-8-6-5-7-19(20)21(22(23)27)25(3)16-18-9-14-28-24-18/h5-9,14,21-22,27H,2,4,10-13,15-16H2,1,3H3/t21-,22+/m1/s1. The number of hydrogen-bond acceptors (Lipinski definition) is 5. The van der Waals surface area contributed by atoms with Crippen LogP contribution in [-0.4, -0.2) is 52.8 Å². The zero-order valence-electron chi connectivity index (χ0n) is 17.0. The van der Waals surface area contributed by atoms with E-state index in [1.165, 1.54) is 16.7 Å². The molecule has 5 nitrogen and oxygen atoms in total. The molecule has 1 saturated heterocycles. The lowest BCUT2D eigenvalue weighted by Crippen LogP contribution is -2.49. The summed E-state index contributed by atoms with van der Waals surface area (Å²) >= 11 is 0. The van der Waals surface area contributed by atoms with Gasteiger partial charge in [0, 0.05) is 24.6 Å². The van der Waals surface area contributed by atoms with Crippen LogP contribution in [0.15, 0.2) is 53.3 Å². The Labute approximate surface area is 167 Å². The maximum Gasteiger partial charge on any atom is 0.124 e. The fourth-order valence-corrected chi connectivity index (χ4v) is 5.09. The fraction of sp³-hybridized carbons (Fsp3) is 0.522. The Kier molecular flexibility index (Phi) is 5.41. The van der Waals surface area contributed by atoms with Crippen molar-refractivity contribution in [2.75, 3.05) is 26.7 Å². The predicted octanol–water partition coefficient (Wildman–Crippen LogP) is 3.52. The molecule has 0 saturated carbocycles. The minimum atomic E-state index is -0.418. The van der Waals surface area contributed by atoms with Crippen molar-refractivity contribution in [3.63, 3.8) is 0 Å². The van der Waals surface area contributed by atoms with E-state index < -0.39 is 6.10 Å². The number of fused-ring (bicyclic) bond motifs is 2. The monoisotopic (exact) mass is 381 g/mol. The SMILES string of the molecule is C=C(CC)CN1CCC2(CC1)c1ccccc1[C@@H](N(C)Cc1ccon1)[C@@H]2O. The molecule has 0 bridgehead atoms. The van der Waals surface area contributed by atoms with Crippen LogP contribution < -0.4 is 0 Å². The van der Waals surface area contributed by atoms with Crippen molar-refractivity contribution in [3.05, 3.63) is 65.6 Å². The Balaban J connectivity index is 1.57. The summed E-state index contributed by atoms with van der Waals surface area (Å²) in [6.45, 7) is 9.97. The lowest BCUT2D eigenvalue weighted by atomic mass is 9.72. The highest BCUT2D eigenvalue weighted by Crippen LogP contribution is 2.52. The van der Waals surface area contributed by atoms with Gasteiger partial charge in [-0.3, -0.25) is 9.80 Å². The van der Waals surface area contributed by atoms with Crippen LogP contribution in [0.5, 0.6) is 0 Å². The van der Waals surface area contributed by atoms with Crippen LogP contribution in [0.25, 0.3) is 0 Å². The third-order valence-corrected chi connectivity index (χ3v) is 6.75. The van der Waals surface area contributed by atoms with E-state index in [-0.39, 0.29) is 11.5 Å². The first-order valence-electron chi connectivity index (χ1n) is 10.3. The van der Waals surface area contributed by atoms with Gasteiger partial charge in [0.1, 0.15) is 6.26 Å². The number of nitrogens with zero attached hydrogens (tertiary/aromatic N) is 3. The molecule has 1 aliphatic carbocycles. The third-order valence-electron chi connectivity index (χ3n) is 6.75. The number of hydrogen-bond donors (Lipinski definition) is 1. The molecular formula is C23H31N3O2. The normalized spacial score (nSPS) is 24.0. The second-order valence-electron chi connectivity index (χ2n) is 8.42. The van der Waals surface area contributed by atoms with Gasteiger partial charge in [-0.25, -0.2) is 0 Å². The van der Waals surface area contributed by atoms with Crippen molar-refractivity contribution in [2.24, 2.45) is 0 Å². The van der Waals surface area contributed by atoms with Gasteiger partial charge in [-0.1, -0.05) is 48.5 Å². The van der Waals surface area contributed by atoms with E-state index in [1.54, 1.807) is 6.26 Å². The maximum absolute atomic E-state index is 11.6. The second-order valence-corrected chi connectivity index (χ2v) is 8.42. The number of rotatable bonds is 6. The first-order valence-corrected chi connectivity index (χ1v) is 10.3. The van der Waals surface area contributed by atoms with Gasteiger partial charge in [-0.15, -0.1) is 0 Å². The van der Waals surface area contributed by atoms with Gasteiger partial charge in [-0.2, -0.15) is 0 Å². The number of aliphatic hydroxyl groups is 1. The zero-order valence-corrected chi connectivity index (χ0v) is 17.0. The van der Waals surface area contributed by atoms with Crippen LogP contribution in [0, 0.1) is 0 Å². The molecule has 2 aromatic rings. The largest absolute Gasteiger partial charge is 0.390 e. The first-order chi connectivity index (χ1) is 13.5. The molecule has 2 aliphatic rings. The van der Waals surface area contributed by atoms with Crippen LogP contribution in [0.3, 0.4) is 0 Å².